The summed E-state index contributed by atoms with van der Waals surface area (Å²) in [4.78, 5) is 0. The van der Waals surface area contributed by atoms with Crippen LogP contribution in [0.25, 0.3) is 0 Å². The molecule has 0 aliphatic rings. The molecule has 0 spiro atoms. The van der Waals surface area contributed by atoms with Gasteiger partial charge in [-0.15, -0.1) is 13.2 Å². The molecular weight excluding hydrogens is 322 g/mol. The van der Waals surface area contributed by atoms with Crippen molar-refractivity contribution in [3.8, 4) is 6.07 Å². The Balaban J connectivity index is -0.0000000252. The molecule has 1 radical (unpaired) electrons. The first kappa shape index (κ1) is 36.4. The minimum absolute atomic E-state index is 0. The summed E-state index contributed by atoms with van der Waals surface area (Å²) in [6.45, 7) is 27.8. The molecule has 0 rings (SSSR count). The molecule has 0 unspecified atom stereocenters. The monoisotopic (exact) mass is 359 g/mol. The van der Waals surface area contributed by atoms with Crippen LogP contribution in [0.4, 0.5) is 0 Å². The van der Waals surface area contributed by atoms with Crippen molar-refractivity contribution in [2.24, 2.45) is 0 Å². The molecule has 0 saturated heterocycles. The van der Waals surface area contributed by atoms with Crippen LogP contribution in [0.1, 0.15) is 6.92 Å². The van der Waals surface area contributed by atoms with E-state index in [4.69, 9.17) is 5.26 Å². The molecule has 1 nitrogen and oxygen atoms in total. The van der Waals surface area contributed by atoms with Gasteiger partial charge in [-0.2, -0.15) is 5.26 Å². The fourth-order valence-electron chi connectivity index (χ4n) is 0. The topological polar surface area (TPSA) is 23.8 Å². The largest absolute Gasteiger partial charge is 0.199 e. The molecular formula is C13H37CoNP3+3. The zero-order valence-corrected chi connectivity index (χ0v) is 18.2. The third-order valence-electron chi connectivity index (χ3n) is 0. The first-order valence-corrected chi connectivity index (χ1v) is 14.7. The van der Waals surface area contributed by atoms with E-state index in [1.165, 1.54) is 6.92 Å². The van der Waals surface area contributed by atoms with E-state index in [0.29, 0.717) is 0 Å². The molecule has 0 heterocycles. The predicted molar refractivity (Wildman–Crippen MR) is 101 cm³/mol. The van der Waals surface area contributed by atoms with Crippen molar-refractivity contribution in [3.05, 3.63) is 13.2 Å². The Morgan fingerprint density at radius 3 is 0.667 bits per heavy atom. The van der Waals surface area contributed by atoms with Gasteiger partial charge in [0.05, 0.1) is 6.07 Å². The molecule has 0 aliphatic carbocycles. The van der Waals surface area contributed by atoms with Crippen molar-refractivity contribution in [3.63, 3.8) is 0 Å². The first-order valence-electron chi connectivity index (χ1n) is 5.72. The van der Waals surface area contributed by atoms with Gasteiger partial charge in [0.15, 0.2) is 0 Å². The Bertz CT molecular complexity index is 112. The molecule has 115 valence electrons. The molecule has 0 bridgehead atoms. The van der Waals surface area contributed by atoms with Crippen molar-refractivity contribution in [2.75, 3.05) is 60.0 Å². The number of nitriles is 1. The number of hydrogen-bond acceptors (Lipinski definition) is 1. The summed E-state index contributed by atoms with van der Waals surface area (Å²) in [5.74, 6) is 0. The van der Waals surface area contributed by atoms with Crippen LogP contribution in [0.3, 0.4) is 0 Å². The predicted octanol–water partition coefficient (Wildman–Crippen LogP) is 4.60. The molecule has 0 aromatic carbocycles. The third-order valence-corrected chi connectivity index (χ3v) is 0. The first-order chi connectivity index (χ1) is 7.61. The molecule has 5 heteroatoms. The molecule has 0 aromatic heterocycles. The van der Waals surface area contributed by atoms with Gasteiger partial charge in [0.1, 0.15) is 0 Å². The molecule has 0 amide bonds. The summed E-state index contributed by atoms with van der Waals surface area (Å²) in [7, 11) is 0.361. The van der Waals surface area contributed by atoms with E-state index in [1.54, 1.807) is 6.07 Å². The van der Waals surface area contributed by atoms with E-state index in [1.807, 2.05) is 0 Å². The summed E-state index contributed by atoms with van der Waals surface area (Å²) in [5, 5.41) is 7.32. The van der Waals surface area contributed by atoms with Gasteiger partial charge < -0.3 is 0 Å². The van der Waals surface area contributed by atoms with E-state index in [9.17, 15) is 0 Å². The standard InChI is InChI=1S/3C3H9P.C2H3N.C2H4.Co/c3*1-4(2)3;1-2-3;1-2;/h3*1-3H3;1H3;1-2H2;/p+3. The molecule has 0 atom stereocenters. The van der Waals surface area contributed by atoms with Crippen LogP contribution in [0.5, 0.6) is 0 Å². The minimum Gasteiger partial charge on any atom is -0.199 e. The molecule has 0 aliphatic heterocycles. The van der Waals surface area contributed by atoms with E-state index < -0.39 is 0 Å². The van der Waals surface area contributed by atoms with Crippen LogP contribution in [0.15, 0.2) is 13.2 Å². The Labute approximate surface area is 132 Å². The van der Waals surface area contributed by atoms with Gasteiger partial charge in [0.2, 0.25) is 0 Å². The maximum atomic E-state index is 7.32. The van der Waals surface area contributed by atoms with Crippen LogP contribution in [-0.2, 0) is 16.8 Å². The molecule has 0 fully saturated rings. The Morgan fingerprint density at radius 2 is 0.667 bits per heavy atom. The summed E-state index contributed by atoms with van der Waals surface area (Å²) in [6.07, 6.45) is 0. The summed E-state index contributed by atoms with van der Waals surface area (Å²) < 4.78 is 0. The SMILES string of the molecule is C=C.CC#N.C[PH+](C)C.C[PH+](C)C.C[PH+](C)C.[Co]. The normalized spacial score (nSPS) is 6.67. The summed E-state index contributed by atoms with van der Waals surface area (Å²) in [6, 6.07) is 1.75. The second-order valence-corrected chi connectivity index (χ2v) is 13.7. The summed E-state index contributed by atoms with van der Waals surface area (Å²) >= 11 is 0. The van der Waals surface area contributed by atoms with E-state index in [2.05, 4.69) is 73.1 Å². The van der Waals surface area contributed by atoms with Crippen molar-refractivity contribution in [1.29, 1.82) is 5.26 Å². The van der Waals surface area contributed by atoms with Gasteiger partial charge in [-0.1, -0.05) is 0 Å². The zero-order chi connectivity index (χ0) is 15.4. The Morgan fingerprint density at radius 1 is 0.667 bits per heavy atom. The fourth-order valence-corrected chi connectivity index (χ4v) is 0. The Hall–Kier alpha value is 1.03. The van der Waals surface area contributed by atoms with Crippen LogP contribution < -0.4 is 0 Å². The minimum atomic E-state index is 0. The van der Waals surface area contributed by atoms with Crippen molar-refractivity contribution in [1.82, 2.24) is 0 Å². The maximum Gasteiger partial charge on any atom is 0.0587 e. The van der Waals surface area contributed by atoms with Crippen molar-refractivity contribution < 1.29 is 16.8 Å². The van der Waals surface area contributed by atoms with Gasteiger partial charge in [-0.3, -0.25) is 0 Å². The van der Waals surface area contributed by atoms with Crippen LogP contribution in [0, 0.1) is 11.3 Å². The van der Waals surface area contributed by atoms with Gasteiger partial charge >= 0.3 is 0 Å². The molecule has 0 N–H and O–H groups in total. The number of hydrogen-bond donors (Lipinski definition) is 0. The fraction of sp³-hybridized carbons (Fsp3) is 0.769. The van der Waals surface area contributed by atoms with Gasteiger partial charge in [0, 0.05) is 83.7 Å². The smallest absolute Gasteiger partial charge is 0.0587 e. The van der Waals surface area contributed by atoms with Gasteiger partial charge in [-0.05, 0) is 23.8 Å². The third kappa shape index (κ3) is 4150. The maximum absolute atomic E-state index is 7.32. The quantitative estimate of drug-likeness (QED) is 0.458. The van der Waals surface area contributed by atoms with E-state index in [0.717, 1.165) is 0 Å². The molecule has 0 saturated carbocycles. The van der Waals surface area contributed by atoms with Gasteiger partial charge in [-0.25, -0.2) is 0 Å². The molecule has 0 aromatic rings. The second-order valence-electron chi connectivity index (χ2n) is 4.72. The van der Waals surface area contributed by atoms with E-state index >= 15 is 0 Å². The molecule has 18 heavy (non-hydrogen) atoms. The van der Waals surface area contributed by atoms with Crippen LogP contribution in [0.2, 0.25) is 0 Å². The average Bonchev–Trinajstić information content (AvgIpc) is 2.04. The number of nitrogens with zero attached hydrogens (tertiary/aromatic N) is 1. The van der Waals surface area contributed by atoms with Crippen LogP contribution in [-0.4, -0.2) is 60.0 Å². The Kier molecular flexibility index (Phi) is 87.0. The average molecular weight is 359 g/mol. The zero-order valence-electron chi connectivity index (χ0n) is 14.2. The van der Waals surface area contributed by atoms with Gasteiger partial charge in [0.25, 0.3) is 0 Å². The van der Waals surface area contributed by atoms with Crippen molar-refractivity contribution >= 4 is 23.8 Å². The second kappa shape index (κ2) is 43.0. The van der Waals surface area contributed by atoms with Crippen molar-refractivity contribution in [2.45, 2.75) is 6.92 Å². The van der Waals surface area contributed by atoms with Crippen LogP contribution >= 0.6 is 23.8 Å². The number of rotatable bonds is 0. The summed E-state index contributed by atoms with van der Waals surface area (Å²) in [5.41, 5.74) is 0. The van der Waals surface area contributed by atoms with E-state index in [-0.39, 0.29) is 40.5 Å².